The number of hydrogen-bond acceptors (Lipinski definition) is 6. The average molecular weight is 381 g/mol. The van der Waals surface area contributed by atoms with Crippen molar-refractivity contribution in [3.8, 4) is 17.3 Å². The second-order valence-corrected chi connectivity index (χ2v) is 6.93. The number of rotatable bonds is 5. The number of aromatic nitrogens is 2. The molecule has 0 spiro atoms. The van der Waals surface area contributed by atoms with E-state index in [9.17, 15) is 14.9 Å². The Bertz CT molecular complexity index is 920. The molecule has 0 bridgehead atoms. The van der Waals surface area contributed by atoms with Crippen molar-refractivity contribution in [1.82, 2.24) is 9.78 Å². The summed E-state index contributed by atoms with van der Waals surface area (Å²) < 4.78 is 11.5. The van der Waals surface area contributed by atoms with Crippen LogP contribution >= 0.6 is 0 Å². The molecular formula is C21H23N3O4. The summed E-state index contributed by atoms with van der Waals surface area (Å²) in [4.78, 5) is 24.9. The van der Waals surface area contributed by atoms with Gasteiger partial charge in [0.25, 0.3) is 0 Å². The SMILES string of the molecule is COC(=O)c1nn(CC2CCCCC2)c(-c2cccc(C#N)c2)c1C(=O)OC. The van der Waals surface area contributed by atoms with Crippen molar-refractivity contribution in [2.24, 2.45) is 5.92 Å². The van der Waals surface area contributed by atoms with Gasteiger partial charge in [0.15, 0.2) is 5.69 Å². The monoisotopic (exact) mass is 381 g/mol. The molecule has 0 radical (unpaired) electrons. The molecule has 0 amide bonds. The molecule has 1 fully saturated rings. The van der Waals surface area contributed by atoms with Crippen molar-refractivity contribution in [2.75, 3.05) is 14.2 Å². The van der Waals surface area contributed by atoms with Crippen LogP contribution in [0.1, 0.15) is 58.5 Å². The summed E-state index contributed by atoms with van der Waals surface area (Å²) in [5.74, 6) is -0.935. The number of carbonyl (C=O) groups is 2. The molecule has 7 nitrogen and oxygen atoms in total. The van der Waals surface area contributed by atoms with Crippen molar-refractivity contribution >= 4 is 11.9 Å². The molecule has 0 aliphatic heterocycles. The summed E-state index contributed by atoms with van der Waals surface area (Å²) in [7, 11) is 2.51. The highest BCUT2D eigenvalue weighted by molar-refractivity contribution is 6.06. The molecule has 0 atom stereocenters. The highest BCUT2D eigenvalue weighted by atomic mass is 16.5. The lowest BCUT2D eigenvalue weighted by molar-refractivity contribution is 0.0552. The quantitative estimate of drug-likeness (QED) is 0.735. The first-order valence-electron chi connectivity index (χ1n) is 9.37. The number of carbonyl (C=O) groups excluding carboxylic acids is 2. The van der Waals surface area contributed by atoms with Gasteiger partial charge in [-0.25, -0.2) is 9.59 Å². The molecule has 1 aromatic carbocycles. The summed E-state index contributed by atoms with van der Waals surface area (Å²) in [6, 6.07) is 9.01. The predicted octanol–water partition coefficient (Wildman–Crippen LogP) is 3.58. The van der Waals surface area contributed by atoms with Crippen molar-refractivity contribution in [2.45, 2.75) is 38.6 Å². The van der Waals surface area contributed by atoms with E-state index in [-0.39, 0.29) is 11.3 Å². The fourth-order valence-electron chi connectivity index (χ4n) is 3.77. The molecule has 28 heavy (non-hydrogen) atoms. The Hall–Kier alpha value is -3.14. The van der Waals surface area contributed by atoms with E-state index in [4.69, 9.17) is 9.47 Å². The molecule has 3 rings (SSSR count). The highest BCUT2D eigenvalue weighted by Gasteiger charge is 2.31. The van der Waals surface area contributed by atoms with Gasteiger partial charge in [-0.05, 0) is 30.9 Å². The number of hydrogen-bond donors (Lipinski definition) is 0. The molecule has 7 heteroatoms. The van der Waals surface area contributed by atoms with Gasteiger partial charge < -0.3 is 9.47 Å². The van der Waals surface area contributed by atoms with Crippen molar-refractivity contribution in [3.05, 3.63) is 41.1 Å². The molecule has 0 saturated heterocycles. The van der Waals surface area contributed by atoms with E-state index in [1.807, 2.05) is 0 Å². The number of nitriles is 1. The first-order valence-corrected chi connectivity index (χ1v) is 9.37. The first-order chi connectivity index (χ1) is 13.6. The first kappa shape index (κ1) is 19.6. The zero-order chi connectivity index (χ0) is 20.1. The van der Waals surface area contributed by atoms with Crippen LogP contribution in [0.15, 0.2) is 24.3 Å². The van der Waals surface area contributed by atoms with E-state index in [1.165, 1.54) is 33.5 Å². The third kappa shape index (κ3) is 3.91. The van der Waals surface area contributed by atoms with Crippen LogP contribution in [0.2, 0.25) is 0 Å². The lowest BCUT2D eigenvalue weighted by atomic mass is 9.89. The minimum Gasteiger partial charge on any atom is -0.465 e. The lowest BCUT2D eigenvalue weighted by Gasteiger charge is -2.22. The highest BCUT2D eigenvalue weighted by Crippen LogP contribution is 2.32. The second kappa shape index (κ2) is 8.70. The van der Waals surface area contributed by atoms with Gasteiger partial charge in [-0.2, -0.15) is 10.4 Å². The Morgan fingerprint density at radius 1 is 1.18 bits per heavy atom. The second-order valence-electron chi connectivity index (χ2n) is 6.93. The van der Waals surface area contributed by atoms with E-state index in [0.29, 0.717) is 29.3 Å². The molecule has 0 unspecified atom stereocenters. The third-order valence-corrected chi connectivity index (χ3v) is 5.14. The van der Waals surface area contributed by atoms with Crippen LogP contribution in [-0.4, -0.2) is 35.9 Å². The fourth-order valence-corrected chi connectivity index (χ4v) is 3.77. The molecule has 1 aliphatic rings. The van der Waals surface area contributed by atoms with Crippen molar-refractivity contribution in [3.63, 3.8) is 0 Å². The van der Waals surface area contributed by atoms with Gasteiger partial charge in [0.2, 0.25) is 0 Å². The minimum atomic E-state index is -0.694. The third-order valence-electron chi connectivity index (χ3n) is 5.14. The number of nitrogens with zero attached hydrogens (tertiary/aromatic N) is 3. The minimum absolute atomic E-state index is 0.0671. The summed E-state index contributed by atoms with van der Waals surface area (Å²) >= 11 is 0. The van der Waals surface area contributed by atoms with Gasteiger partial charge in [-0.15, -0.1) is 0 Å². The molecule has 1 heterocycles. The van der Waals surface area contributed by atoms with Crippen LogP contribution < -0.4 is 0 Å². The van der Waals surface area contributed by atoms with Gasteiger partial charge in [-0.3, -0.25) is 4.68 Å². The molecule has 1 saturated carbocycles. The van der Waals surface area contributed by atoms with Crippen LogP contribution in [0.25, 0.3) is 11.3 Å². The summed E-state index contributed by atoms with van der Waals surface area (Å²) in [6.07, 6.45) is 5.72. The standard InChI is InChI=1S/C21H23N3O4/c1-27-20(25)17-18(21(26)28-2)23-24(13-14-7-4-3-5-8-14)19(17)16-10-6-9-15(11-16)12-22/h6,9-11,14H,3-5,7-8,13H2,1-2H3. The Balaban J connectivity index is 2.18. The van der Waals surface area contributed by atoms with Crippen LogP contribution in [0.5, 0.6) is 0 Å². The molecule has 146 valence electrons. The number of benzene rings is 1. The normalized spacial score (nSPS) is 14.3. The maximum absolute atomic E-state index is 12.6. The molecule has 2 aromatic rings. The van der Waals surface area contributed by atoms with E-state index >= 15 is 0 Å². The number of esters is 2. The topological polar surface area (TPSA) is 94.2 Å². The van der Waals surface area contributed by atoms with Crippen molar-refractivity contribution in [1.29, 1.82) is 5.26 Å². The summed E-state index contributed by atoms with van der Waals surface area (Å²) in [6.45, 7) is 0.590. The molecule has 1 aliphatic carbocycles. The zero-order valence-electron chi connectivity index (χ0n) is 16.1. The van der Waals surface area contributed by atoms with Gasteiger partial charge in [0.1, 0.15) is 5.56 Å². The van der Waals surface area contributed by atoms with Crippen molar-refractivity contribution < 1.29 is 19.1 Å². The molecule has 0 N–H and O–H groups in total. The van der Waals surface area contributed by atoms with Crippen LogP contribution in [0.4, 0.5) is 0 Å². The zero-order valence-corrected chi connectivity index (χ0v) is 16.1. The largest absolute Gasteiger partial charge is 0.465 e. The van der Waals surface area contributed by atoms with E-state index < -0.39 is 11.9 Å². The van der Waals surface area contributed by atoms with E-state index in [0.717, 1.165) is 12.8 Å². The fraction of sp³-hybridized carbons (Fsp3) is 0.429. The van der Waals surface area contributed by atoms with Crippen LogP contribution in [-0.2, 0) is 16.0 Å². The smallest absolute Gasteiger partial charge is 0.359 e. The van der Waals surface area contributed by atoms with Crippen LogP contribution in [0, 0.1) is 17.2 Å². The molecule has 1 aromatic heterocycles. The average Bonchev–Trinajstić information content (AvgIpc) is 3.12. The van der Waals surface area contributed by atoms with Gasteiger partial charge in [-0.1, -0.05) is 31.4 Å². The Morgan fingerprint density at radius 2 is 1.89 bits per heavy atom. The summed E-state index contributed by atoms with van der Waals surface area (Å²) in [5, 5.41) is 13.7. The van der Waals surface area contributed by atoms with E-state index in [2.05, 4.69) is 11.2 Å². The predicted molar refractivity (Wildman–Crippen MR) is 102 cm³/mol. The number of methoxy groups -OCH3 is 2. The summed E-state index contributed by atoms with van der Waals surface area (Å²) in [5.41, 5.74) is 1.58. The maximum atomic E-state index is 12.6. The van der Waals surface area contributed by atoms with Crippen LogP contribution in [0.3, 0.4) is 0 Å². The maximum Gasteiger partial charge on any atom is 0.359 e. The molecular weight excluding hydrogens is 358 g/mol. The number of ether oxygens (including phenoxy) is 2. The van der Waals surface area contributed by atoms with Gasteiger partial charge >= 0.3 is 11.9 Å². The van der Waals surface area contributed by atoms with Gasteiger partial charge in [0, 0.05) is 12.1 Å². The van der Waals surface area contributed by atoms with Gasteiger partial charge in [0.05, 0.1) is 31.5 Å². The Labute approximate surface area is 163 Å². The van der Waals surface area contributed by atoms with E-state index in [1.54, 1.807) is 28.9 Å². The Kier molecular flexibility index (Phi) is 6.09. The lowest BCUT2D eigenvalue weighted by Crippen LogP contribution is -2.16. The Morgan fingerprint density at radius 3 is 2.54 bits per heavy atom.